The average molecular weight is 316 g/mol. The Bertz CT molecular complexity index is 739. The second-order valence-corrected chi connectivity index (χ2v) is 4.82. The molecule has 3 rings (SSSR count). The smallest absolute Gasteiger partial charge is 0.250 e. The van der Waals surface area contributed by atoms with E-state index in [1.165, 1.54) is 6.33 Å². The molecule has 1 N–H and O–H groups in total. The third-order valence-corrected chi connectivity index (χ3v) is 2.88. The van der Waals surface area contributed by atoms with Crippen molar-refractivity contribution in [1.82, 2.24) is 19.9 Å². The molecule has 0 aliphatic heterocycles. The van der Waals surface area contributed by atoms with Crippen molar-refractivity contribution in [2.75, 3.05) is 0 Å². The number of hydrogen-bond donors (Lipinski definition) is 1. The minimum absolute atomic E-state index is 0.0442. The summed E-state index contributed by atoms with van der Waals surface area (Å²) < 4.78 is 5.62. The van der Waals surface area contributed by atoms with Gasteiger partial charge in [0.05, 0.1) is 6.33 Å². The number of benzene rings is 1. The van der Waals surface area contributed by atoms with Gasteiger partial charge in [-0.05, 0) is 29.8 Å². The van der Waals surface area contributed by atoms with Crippen molar-refractivity contribution >= 4 is 46.0 Å². The lowest BCUT2D eigenvalue weighted by Crippen LogP contribution is -1.92. The van der Waals surface area contributed by atoms with Crippen LogP contribution in [0.3, 0.4) is 0 Å². The van der Waals surface area contributed by atoms with Crippen LogP contribution >= 0.6 is 34.8 Å². The SMILES string of the molecule is Clc1cc(Cl)cc(Oc2nc(Cl)nc3nc[nH]c23)c1. The van der Waals surface area contributed by atoms with E-state index in [0.717, 1.165) is 0 Å². The summed E-state index contributed by atoms with van der Waals surface area (Å²) in [4.78, 5) is 14.8. The Hall–Kier alpha value is -1.56. The molecule has 0 fully saturated rings. The third kappa shape index (κ3) is 2.58. The first kappa shape index (κ1) is 12.5. The lowest BCUT2D eigenvalue weighted by atomic mass is 10.3. The van der Waals surface area contributed by atoms with Crippen molar-refractivity contribution in [3.8, 4) is 11.6 Å². The van der Waals surface area contributed by atoms with Crippen LogP contribution in [0, 0.1) is 0 Å². The summed E-state index contributed by atoms with van der Waals surface area (Å²) in [5, 5.41) is 0.967. The molecule has 1 aromatic carbocycles. The molecule has 0 bridgehead atoms. The molecule has 8 heteroatoms. The van der Waals surface area contributed by atoms with E-state index in [4.69, 9.17) is 39.5 Å². The van der Waals surface area contributed by atoms with Crippen LogP contribution in [0.2, 0.25) is 15.3 Å². The van der Waals surface area contributed by atoms with Crippen LogP contribution in [0.1, 0.15) is 0 Å². The first-order valence-electron chi connectivity index (χ1n) is 5.12. The first-order valence-corrected chi connectivity index (χ1v) is 6.26. The lowest BCUT2D eigenvalue weighted by molar-refractivity contribution is 0.467. The molecule has 0 saturated heterocycles. The third-order valence-electron chi connectivity index (χ3n) is 2.28. The zero-order chi connectivity index (χ0) is 13.4. The summed E-state index contributed by atoms with van der Waals surface area (Å²) in [6.45, 7) is 0. The number of H-pyrrole nitrogens is 1. The maximum atomic E-state index is 5.90. The molecular weight excluding hydrogens is 311 g/mol. The highest BCUT2D eigenvalue weighted by Crippen LogP contribution is 2.30. The molecule has 96 valence electrons. The van der Waals surface area contributed by atoms with Crippen molar-refractivity contribution in [3.63, 3.8) is 0 Å². The maximum absolute atomic E-state index is 5.90. The minimum Gasteiger partial charge on any atom is -0.437 e. The number of aromatic nitrogens is 4. The molecule has 3 aromatic rings. The molecule has 0 radical (unpaired) electrons. The summed E-state index contributed by atoms with van der Waals surface area (Å²) in [5.41, 5.74) is 0.962. The molecule has 0 spiro atoms. The van der Waals surface area contributed by atoms with Gasteiger partial charge in [-0.1, -0.05) is 23.2 Å². The fourth-order valence-corrected chi connectivity index (χ4v) is 2.22. The average Bonchev–Trinajstić information content (AvgIpc) is 2.75. The highest BCUT2D eigenvalue weighted by atomic mass is 35.5. The zero-order valence-corrected chi connectivity index (χ0v) is 11.5. The van der Waals surface area contributed by atoms with Gasteiger partial charge in [-0.2, -0.15) is 9.97 Å². The largest absolute Gasteiger partial charge is 0.437 e. The van der Waals surface area contributed by atoms with Crippen LogP contribution in [0.15, 0.2) is 24.5 Å². The standard InChI is InChI=1S/C11H5Cl3N4O/c12-5-1-6(13)3-7(2-5)19-10-8-9(16-4-15-8)17-11(14)18-10/h1-4H,(H,15,16,17,18). The van der Waals surface area contributed by atoms with Crippen LogP contribution in [0.25, 0.3) is 11.2 Å². The van der Waals surface area contributed by atoms with Gasteiger partial charge in [0.2, 0.25) is 11.2 Å². The molecule has 0 atom stereocenters. The molecule has 0 amide bonds. The Morgan fingerprint density at radius 3 is 2.47 bits per heavy atom. The van der Waals surface area contributed by atoms with Gasteiger partial charge in [-0.15, -0.1) is 0 Å². The molecule has 0 aliphatic carbocycles. The topological polar surface area (TPSA) is 63.7 Å². The van der Waals surface area contributed by atoms with Crippen LogP contribution < -0.4 is 4.74 Å². The number of hydrogen-bond acceptors (Lipinski definition) is 4. The van der Waals surface area contributed by atoms with E-state index in [-0.39, 0.29) is 11.2 Å². The molecule has 5 nitrogen and oxygen atoms in total. The Labute approximate surface area is 122 Å². The number of halogens is 3. The summed E-state index contributed by atoms with van der Waals surface area (Å²) in [6.07, 6.45) is 1.48. The molecule has 0 aliphatic rings. The van der Waals surface area contributed by atoms with Gasteiger partial charge in [0.15, 0.2) is 5.65 Å². The Balaban J connectivity index is 2.07. The molecule has 2 heterocycles. The predicted octanol–water partition coefficient (Wildman–Crippen LogP) is 4.11. The molecular formula is C11H5Cl3N4O. The summed E-state index contributed by atoms with van der Waals surface area (Å²) in [5.74, 6) is 0.703. The number of nitrogens with one attached hydrogen (secondary N) is 1. The Kier molecular flexibility index (Phi) is 3.18. The van der Waals surface area contributed by atoms with Crippen molar-refractivity contribution in [2.24, 2.45) is 0 Å². The predicted molar refractivity (Wildman–Crippen MR) is 73.2 cm³/mol. The van der Waals surface area contributed by atoms with Gasteiger partial charge >= 0.3 is 0 Å². The maximum Gasteiger partial charge on any atom is 0.250 e. The van der Waals surface area contributed by atoms with E-state index in [9.17, 15) is 0 Å². The summed E-state index contributed by atoms with van der Waals surface area (Å²) >= 11 is 17.6. The van der Waals surface area contributed by atoms with Crippen molar-refractivity contribution in [2.45, 2.75) is 0 Å². The van der Waals surface area contributed by atoms with E-state index in [2.05, 4.69) is 19.9 Å². The summed E-state index contributed by atoms with van der Waals surface area (Å²) in [7, 11) is 0. The number of rotatable bonds is 2. The quantitative estimate of drug-likeness (QED) is 0.723. The second-order valence-electron chi connectivity index (χ2n) is 3.61. The van der Waals surface area contributed by atoms with Crippen LogP contribution in [-0.2, 0) is 0 Å². The molecule has 19 heavy (non-hydrogen) atoms. The normalized spacial score (nSPS) is 10.9. The number of fused-ring (bicyclic) bond motifs is 1. The van der Waals surface area contributed by atoms with Gasteiger partial charge < -0.3 is 9.72 Å². The molecule has 0 unspecified atom stereocenters. The fraction of sp³-hybridized carbons (Fsp3) is 0. The first-order chi connectivity index (χ1) is 9.11. The number of imidazole rings is 1. The van der Waals surface area contributed by atoms with E-state index in [1.54, 1.807) is 18.2 Å². The van der Waals surface area contributed by atoms with Crippen molar-refractivity contribution < 1.29 is 4.74 Å². The fourth-order valence-electron chi connectivity index (χ4n) is 1.55. The molecule has 0 saturated carbocycles. The number of nitrogens with zero attached hydrogens (tertiary/aromatic N) is 3. The van der Waals surface area contributed by atoms with Gasteiger partial charge in [0, 0.05) is 10.0 Å². The Morgan fingerprint density at radius 2 is 1.74 bits per heavy atom. The minimum atomic E-state index is 0.0442. The summed E-state index contributed by atoms with van der Waals surface area (Å²) in [6, 6.07) is 4.84. The second kappa shape index (κ2) is 4.85. The van der Waals surface area contributed by atoms with Crippen molar-refractivity contribution in [1.29, 1.82) is 0 Å². The van der Waals surface area contributed by atoms with E-state index >= 15 is 0 Å². The van der Waals surface area contributed by atoms with E-state index in [1.807, 2.05) is 0 Å². The number of aromatic amines is 1. The monoisotopic (exact) mass is 314 g/mol. The number of ether oxygens (including phenoxy) is 1. The molecule has 2 aromatic heterocycles. The van der Waals surface area contributed by atoms with Gasteiger partial charge in [0.25, 0.3) is 0 Å². The highest BCUT2D eigenvalue weighted by Gasteiger charge is 2.11. The van der Waals surface area contributed by atoms with Crippen LogP contribution in [0.4, 0.5) is 0 Å². The van der Waals surface area contributed by atoms with Crippen LogP contribution in [0.5, 0.6) is 11.6 Å². The van der Waals surface area contributed by atoms with Gasteiger partial charge in [-0.25, -0.2) is 4.98 Å². The van der Waals surface area contributed by atoms with Gasteiger partial charge in [-0.3, -0.25) is 0 Å². The lowest BCUT2D eigenvalue weighted by Gasteiger charge is -2.06. The highest BCUT2D eigenvalue weighted by molar-refractivity contribution is 6.34. The van der Waals surface area contributed by atoms with Gasteiger partial charge in [0.1, 0.15) is 11.3 Å². The zero-order valence-electron chi connectivity index (χ0n) is 9.19. The van der Waals surface area contributed by atoms with Crippen molar-refractivity contribution in [3.05, 3.63) is 39.9 Å². The van der Waals surface area contributed by atoms with E-state index in [0.29, 0.717) is 27.0 Å². The van der Waals surface area contributed by atoms with Crippen LogP contribution in [-0.4, -0.2) is 19.9 Å². The van der Waals surface area contributed by atoms with E-state index < -0.39 is 0 Å². The Morgan fingerprint density at radius 1 is 1.00 bits per heavy atom.